The minimum Gasteiger partial charge on any atom is -0.378 e. The molecular formula is C20H19BrN4O3. The van der Waals surface area contributed by atoms with Crippen LogP contribution in [0.3, 0.4) is 0 Å². The van der Waals surface area contributed by atoms with Gasteiger partial charge in [0.15, 0.2) is 5.82 Å². The number of aromatic nitrogens is 2. The zero-order valence-electron chi connectivity index (χ0n) is 15.3. The molecule has 1 saturated heterocycles. The molecule has 1 amide bonds. The Morgan fingerprint density at radius 3 is 2.57 bits per heavy atom. The number of rotatable bonds is 4. The van der Waals surface area contributed by atoms with E-state index >= 15 is 0 Å². The number of amides is 1. The largest absolute Gasteiger partial charge is 0.378 e. The Morgan fingerprint density at radius 2 is 1.89 bits per heavy atom. The van der Waals surface area contributed by atoms with Gasteiger partial charge in [0.2, 0.25) is 0 Å². The van der Waals surface area contributed by atoms with E-state index in [1.165, 1.54) is 0 Å². The maximum absolute atomic E-state index is 12.8. The van der Waals surface area contributed by atoms with E-state index in [0.29, 0.717) is 30.5 Å². The zero-order valence-corrected chi connectivity index (χ0v) is 16.9. The maximum Gasteiger partial charge on any atom is 0.257 e. The molecule has 0 spiro atoms. The number of aryl methyl sites for hydroxylation is 1. The van der Waals surface area contributed by atoms with Gasteiger partial charge in [-0.05, 0) is 49.4 Å². The fourth-order valence-corrected chi connectivity index (χ4v) is 3.42. The van der Waals surface area contributed by atoms with E-state index in [9.17, 15) is 4.79 Å². The fraction of sp³-hybridized carbons (Fsp3) is 0.250. The van der Waals surface area contributed by atoms with Crippen LogP contribution in [0.2, 0.25) is 0 Å². The Labute approximate surface area is 170 Å². The van der Waals surface area contributed by atoms with Crippen LogP contribution < -0.4 is 10.2 Å². The van der Waals surface area contributed by atoms with Crippen LogP contribution in [0.1, 0.15) is 16.2 Å². The van der Waals surface area contributed by atoms with Crippen molar-refractivity contribution in [2.75, 3.05) is 36.5 Å². The van der Waals surface area contributed by atoms with Crippen LogP contribution in [0.15, 0.2) is 51.5 Å². The molecule has 1 aromatic heterocycles. The van der Waals surface area contributed by atoms with Gasteiger partial charge in [-0.2, -0.15) is 4.98 Å². The summed E-state index contributed by atoms with van der Waals surface area (Å²) in [4.78, 5) is 19.2. The summed E-state index contributed by atoms with van der Waals surface area (Å²) in [5.41, 5.74) is 3.07. The van der Waals surface area contributed by atoms with Crippen molar-refractivity contribution < 1.29 is 14.1 Å². The molecule has 0 bridgehead atoms. The quantitative estimate of drug-likeness (QED) is 0.659. The third-order valence-electron chi connectivity index (χ3n) is 4.48. The van der Waals surface area contributed by atoms with Gasteiger partial charge in [-0.25, -0.2) is 0 Å². The van der Waals surface area contributed by atoms with Gasteiger partial charge in [-0.1, -0.05) is 21.1 Å². The molecule has 1 aliphatic heterocycles. The van der Waals surface area contributed by atoms with Gasteiger partial charge < -0.3 is 19.5 Å². The molecule has 0 aliphatic carbocycles. The molecule has 144 valence electrons. The van der Waals surface area contributed by atoms with Gasteiger partial charge in [-0.3, -0.25) is 4.79 Å². The second-order valence-corrected chi connectivity index (χ2v) is 7.35. The molecule has 2 aromatic carbocycles. The predicted octanol–water partition coefficient (Wildman–Crippen LogP) is 3.90. The lowest BCUT2D eigenvalue weighted by atomic mass is 10.1. The van der Waals surface area contributed by atoms with Crippen LogP contribution in [0, 0.1) is 6.92 Å². The number of morpholine rings is 1. The van der Waals surface area contributed by atoms with Gasteiger partial charge in [0.25, 0.3) is 11.8 Å². The van der Waals surface area contributed by atoms with Crippen molar-refractivity contribution in [3.8, 4) is 11.5 Å². The van der Waals surface area contributed by atoms with Crippen molar-refractivity contribution >= 4 is 33.2 Å². The first-order chi connectivity index (χ1) is 13.6. The van der Waals surface area contributed by atoms with Crippen LogP contribution in [0.25, 0.3) is 11.5 Å². The average molecular weight is 443 g/mol. The summed E-state index contributed by atoms with van der Waals surface area (Å²) in [5.74, 6) is 0.828. The molecule has 0 radical (unpaired) electrons. The first-order valence-corrected chi connectivity index (χ1v) is 9.74. The Kier molecular flexibility index (Phi) is 5.40. The highest BCUT2D eigenvalue weighted by atomic mass is 79.9. The SMILES string of the molecule is Cc1noc(-c2ccc(C(=O)Nc3cc(Br)ccc3N3CCOCC3)cc2)n1. The predicted molar refractivity (Wildman–Crippen MR) is 110 cm³/mol. The highest BCUT2D eigenvalue weighted by Gasteiger charge is 2.17. The van der Waals surface area contributed by atoms with Gasteiger partial charge in [0, 0.05) is 28.7 Å². The first kappa shape index (κ1) is 18.6. The normalized spacial score (nSPS) is 14.1. The highest BCUT2D eigenvalue weighted by Crippen LogP contribution is 2.30. The number of carbonyl (C=O) groups excluding carboxylic acids is 1. The second-order valence-electron chi connectivity index (χ2n) is 6.44. The molecule has 28 heavy (non-hydrogen) atoms. The minimum absolute atomic E-state index is 0.180. The number of nitrogens with one attached hydrogen (secondary N) is 1. The molecule has 8 heteroatoms. The van der Waals surface area contributed by atoms with E-state index in [1.807, 2.05) is 18.2 Å². The van der Waals surface area contributed by atoms with E-state index in [2.05, 4.69) is 36.3 Å². The Balaban J connectivity index is 1.54. The molecule has 0 atom stereocenters. The topological polar surface area (TPSA) is 80.5 Å². The molecule has 0 saturated carbocycles. The maximum atomic E-state index is 12.8. The number of ether oxygens (including phenoxy) is 1. The number of hydrogen-bond donors (Lipinski definition) is 1. The number of anilines is 2. The molecule has 1 aliphatic rings. The molecule has 3 aromatic rings. The summed E-state index contributed by atoms with van der Waals surface area (Å²) < 4.78 is 11.5. The molecule has 1 N–H and O–H groups in total. The van der Waals surface area contributed by atoms with E-state index in [0.717, 1.165) is 34.5 Å². The van der Waals surface area contributed by atoms with Crippen LogP contribution in [-0.4, -0.2) is 42.4 Å². The fourth-order valence-electron chi connectivity index (χ4n) is 3.06. The lowest BCUT2D eigenvalue weighted by molar-refractivity contribution is 0.102. The summed E-state index contributed by atoms with van der Waals surface area (Å²) in [6.07, 6.45) is 0. The molecule has 4 rings (SSSR count). The third-order valence-corrected chi connectivity index (χ3v) is 4.97. The number of halogens is 1. The van der Waals surface area contributed by atoms with Crippen LogP contribution in [-0.2, 0) is 4.74 Å². The van der Waals surface area contributed by atoms with Gasteiger partial charge in [0.1, 0.15) is 0 Å². The number of carbonyl (C=O) groups is 1. The third kappa shape index (κ3) is 4.07. The van der Waals surface area contributed by atoms with Crippen molar-refractivity contribution in [1.82, 2.24) is 10.1 Å². The van der Waals surface area contributed by atoms with E-state index in [1.54, 1.807) is 31.2 Å². The standard InChI is InChI=1S/C20H19BrN4O3/c1-13-22-20(28-24-13)15-4-2-14(3-5-15)19(26)23-17-12-16(21)6-7-18(17)25-8-10-27-11-9-25/h2-7,12H,8-11H2,1H3,(H,23,26). The van der Waals surface area contributed by atoms with Crippen LogP contribution in [0.4, 0.5) is 11.4 Å². The van der Waals surface area contributed by atoms with E-state index < -0.39 is 0 Å². The number of hydrogen-bond acceptors (Lipinski definition) is 6. The van der Waals surface area contributed by atoms with Crippen molar-refractivity contribution in [1.29, 1.82) is 0 Å². The monoisotopic (exact) mass is 442 g/mol. The average Bonchev–Trinajstić information content (AvgIpc) is 3.15. The first-order valence-electron chi connectivity index (χ1n) is 8.94. The smallest absolute Gasteiger partial charge is 0.257 e. The summed E-state index contributed by atoms with van der Waals surface area (Å²) >= 11 is 3.49. The Hall–Kier alpha value is -2.71. The van der Waals surface area contributed by atoms with Crippen molar-refractivity contribution in [3.05, 3.63) is 58.3 Å². The zero-order chi connectivity index (χ0) is 19.5. The van der Waals surface area contributed by atoms with Crippen molar-refractivity contribution in [2.24, 2.45) is 0 Å². The second kappa shape index (κ2) is 8.12. The van der Waals surface area contributed by atoms with Crippen molar-refractivity contribution in [2.45, 2.75) is 6.92 Å². The van der Waals surface area contributed by atoms with Gasteiger partial charge >= 0.3 is 0 Å². The molecule has 0 unspecified atom stereocenters. The summed E-state index contributed by atoms with van der Waals surface area (Å²) in [5, 5.41) is 6.81. The lowest BCUT2D eigenvalue weighted by Crippen LogP contribution is -2.36. The summed E-state index contributed by atoms with van der Waals surface area (Å²) in [6, 6.07) is 13.0. The van der Waals surface area contributed by atoms with Crippen molar-refractivity contribution in [3.63, 3.8) is 0 Å². The van der Waals surface area contributed by atoms with Crippen LogP contribution in [0.5, 0.6) is 0 Å². The number of nitrogens with zero attached hydrogens (tertiary/aromatic N) is 3. The molecule has 7 nitrogen and oxygen atoms in total. The molecule has 1 fully saturated rings. The molecular weight excluding hydrogens is 424 g/mol. The minimum atomic E-state index is -0.180. The summed E-state index contributed by atoms with van der Waals surface area (Å²) in [7, 11) is 0. The van der Waals surface area contributed by atoms with Gasteiger partial charge in [-0.15, -0.1) is 0 Å². The highest BCUT2D eigenvalue weighted by molar-refractivity contribution is 9.10. The summed E-state index contributed by atoms with van der Waals surface area (Å²) in [6.45, 7) is 4.71. The van der Waals surface area contributed by atoms with Gasteiger partial charge in [0.05, 0.1) is 24.6 Å². The Bertz CT molecular complexity index is 981. The van der Waals surface area contributed by atoms with E-state index in [4.69, 9.17) is 9.26 Å². The van der Waals surface area contributed by atoms with Crippen LogP contribution >= 0.6 is 15.9 Å². The lowest BCUT2D eigenvalue weighted by Gasteiger charge is -2.30. The van der Waals surface area contributed by atoms with E-state index in [-0.39, 0.29) is 5.91 Å². The number of benzene rings is 2. The Morgan fingerprint density at radius 1 is 1.14 bits per heavy atom. The molecule has 2 heterocycles.